The molecule has 1 amide bonds. The van der Waals surface area contributed by atoms with Gasteiger partial charge in [0, 0.05) is 10.7 Å². The first kappa shape index (κ1) is 25.9. The standard InChI is InChI=1S/C23H19Cl2F3N2O3S/c1-14-3-7-18(11-15(14)2)30(34(32,33)19-8-4-16(24)5-9-19)13-22(31)29-17-6-10-21(25)20(12-17)23(26,27)28/h3-12H,13H2,1-2H3,(H,29,31). The molecule has 0 aromatic heterocycles. The van der Waals surface area contributed by atoms with Gasteiger partial charge in [-0.15, -0.1) is 0 Å². The number of nitrogens with zero attached hydrogens (tertiary/aromatic N) is 1. The number of nitrogens with one attached hydrogen (secondary N) is 1. The second kappa shape index (κ2) is 9.85. The average Bonchev–Trinajstić information content (AvgIpc) is 2.75. The molecule has 3 aromatic carbocycles. The van der Waals surface area contributed by atoms with Crippen molar-refractivity contribution in [2.75, 3.05) is 16.2 Å². The quantitative estimate of drug-likeness (QED) is 0.397. The Morgan fingerprint density at radius 1 is 0.941 bits per heavy atom. The van der Waals surface area contributed by atoms with Gasteiger partial charge < -0.3 is 5.32 Å². The minimum Gasteiger partial charge on any atom is -0.324 e. The van der Waals surface area contributed by atoms with Crippen molar-refractivity contribution < 1.29 is 26.4 Å². The maximum Gasteiger partial charge on any atom is 0.417 e. The lowest BCUT2D eigenvalue weighted by Crippen LogP contribution is -2.38. The second-order valence-corrected chi connectivity index (χ2v) is 10.2. The first-order chi connectivity index (χ1) is 15.8. The molecule has 0 heterocycles. The largest absolute Gasteiger partial charge is 0.417 e. The van der Waals surface area contributed by atoms with E-state index >= 15 is 0 Å². The number of amides is 1. The normalized spacial score (nSPS) is 11.9. The van der Waals surface area contributed by atoms with Gasteiger partial charge in [0.25, 0.3) is 10.0 Å². The van der Waals surface area contributed by atoms with Crippen molar-refractivity contribution in [1.29, 1.82) is 0 Å². The fraction of sp³-hybridized carbons (Fsp3) is 0.174. The van der Waals surface area contributed by atoms with Crippen LogP contribution in [0.2, 0.25) is 10.0 Å². The zero-order valence-corrected chi connectivity index (χ0v) is 20.3. The van der Waals surface area contributed by atoms with Crippen molar-refractivity contribution in [3.63, 3.8) is 0 Å². The van der Waals surface area contributed by atoms with E-state index in [1.165, 1.54) is 30.3 Å². The van der Waals surface area contributed by atoms with Crippen LogP contribution < -0.4 is 9.62 Å². The van der Waals surface area contributed by atoms with Crippen LogP contribution in [-0.4, -0.2) is 20.9 Å². The molecule has 0 aliphatic carbocycles. The monoisotopic (exact) mass is 530 g/mol. The maximum atomic E-state index is 13.4. The van der Waals surface area contributed by atoms with Crippen LogP contribution in [0, 0.1) is 13.8 Å². The van der Waals surface area contributed by atoms with E-state index in [4.69, 9.17) is 23.2 Å². The number of aryl methyl sites for hydroxylation is 2. The molecule has 0 aliphatic heterocycles. The van der Waals surface area contributed by atoms with Crippen molar-refractivity contribution in [2.45, 2.75) is 24.9 Å². The van der Waals surface area contributed by atoms with Crippen LogP contribution in [0.15, 0.2) is 65.6 Å². The number of hydrogen-bond donors (Lipinski definition) is 1. The second-order valence-electron chi connectivity index (χ2n) is 7.47. The zero-order chi connectivity index (χ0) is 25.3. The lowest BCUT2D eigenvalue weighted by Gasteiger charge is -2.25. The summed E-state index contributed by atoms with van der Waals surface area (Å²) in [6, 6.07) is 13.2. The molecule has 0 saturated heterocycles. The third-order valence-electron chi connectivity index (χ3n) is 5.02. The van der Waals surface area contributed by atoms with Crippen molar-refractivity contribution in [3.05, 3.63) is 87.4 Å². The van der Waals surface area contributed by atoms with E-state index in [-0.39, 0.29) is 16.3 Å². The van der Waals surface area contributed by atoms with Crippen LogP contribution in [-0.2, 0) is 21.0 Å². The van der Waals surface area contributed by atoms with Crippen LogP contribution in [0.3, 0.4) is 0 Å². The van der Waals surface area contributed by atoms with Crippen LogP contribution in [0.4, 0.5) is 24.5 Å². The van der Waals surface area contributed by atoms with Crippen molar-refractivity contribution in [1.82, 2.24) is 0 Å². The summed E-state index contributed by atoms with van der Waals surface area (Å²) < 4.78 is 67.1. The Bertz CT molecular complexity index is 1330. The molecule has 0 unspecified atom stereocenters. The number of benzene rings is 3. The summed E-state index contributed by atoms with van der Waals surface area (Å²) in [7, 11) is -4.21. The molecule has 3 rings (SSSR count). The topological polar surface area (TPSA) is 66.5 Å². The van der Waals surface area contributed by atoms with Crippen LogP contribution in [0.1, 0.15) is 16.7 Å². The molecule has 0 saturated carbocycles. The summed E-state index contributed by atoms with van der Waals surface area (Å²) in [5, 5.41) is 2.13. The first-order valence-corrected chi connectivity index (χ1v) is 12.0. The number of carbonyl (C=O) groups excluding carboxylic acids is 1. The number of halogens is 5. The lowest BCUT2D eigenvalue weighted by atomic mass is 10.1. The highest BCUT2D eigenvalue weighted by Gasteiger charge is 2.34. The van der Waals surface area contributed by atoms with Crippen LogP contribution in [0.5, 0.6) is 0 Å². The fourth-order valence-corrected chi connectivity index (χ4v) is 4.84. The Morgan fingerprint density at radius 3 is 2.18 bits per heavy atom. The molecule has 0 fully saturated rings. The average molecular weight is 531 g/mol. The minimum absolute atomic E-state index is 0.103. The van der Waals surface area contributed by atoms with Crippen molar-refractivity contribution in [3.8, 4) is 0 Å². The predicted molar refractivity (Wildman–Crippen MR) is 127 cm³/mol. The Morgan fingerprint density at radius 2 is 1.59 bits per heavy atom. The molecule has 11 heteroatoms. The molecular weight excluding hydrogens is 512 g/mol. The molecular formula is C23H19Cl2F3N2O3S. The molecule has 0 aliphatic rings. The first-order valence-electron chi connectivity index (χ1n) is 9.81. The van der Waals surface area contributed by atoms with Crippen molar-refractivity contribution >= 4 is 50.5 Å². The van der Waals surface area contributed by atoms with Crippen LogP contribution >= 0.6 is 23.2 Å². The van der Waals surface area contributed by atoms with Gasteiger partial charge >= 0.3 is 6.18 Å². The smallest absolute Gasteiger partial charge is 0.324 e. The number of alkyl halides is 3. The van der Waals surface area contributed by atoms with E-state index in [2.05, 4.69) is 5.32 Å². The molecule has 1 N–H and O–H groups in total. The SMILES string of the molecule is Cc1ccc(N(CC(=O)Nc2ccc(Cl)c(C(F)(F)F)c2)S(=O)(=O)c2ccc(Cl)cc2)cc1C. The highest BCUT2D eigenvalue weighted by atomic mass is 35.5. The fourth-order valence-electron chi connectivity index (χ4n) is 3.08. The summed E-state index contributed by atoms with van der Waals surface area (Å²) in [4.78, 5) is 12.7. The van der Waals surface area contributed by atoms with Gasteiger partial charge in [0.15, 0.2) is 0 Å². The number of carbonyl (C=O) groups is 1. The number of anilines is 2. The lowest BCUT2D eigenvalue weighted by molar-refractivity contribution is -0.137. The van der Waals surface area contributed by atoms with E-state index in [0.29, 0.717) is 11.1 Å². The third-order valence-corrected chi connectivity index (χ3v) is 7.39. The molecule has 0 bridgehead atoms. The van der Waals surface area contributed by atoms with Gasteiger partial charge in [-0.05, 0) is 79.6 Å². The van der Waals surface area contributed by atoms with Crippen LogP contribution in [0.25, 0.3) is 0 Å². The number of hydrogen-bond acceptors (Lipinski definition) is 3. The van der Waals surface area contributed by atoms with E-state index < -0.39 is 39.2 Å². The van der Waals surface area contributed by atoms with Gasteiger partial charge in [-0.2, -0.15) is 13.2 Å². The molecule has 3 aromatic rings. The molecule has 34 heavy (non-hydrogen) atoms. The molecule has 0 spiro atoms. The summed E-state index contributed by atoms with van der Waals surface area (Å²) in [5.41, 5.74) is 0.636. The van der Waals surface area contributed by atoms with E-state index in [0.717, 1.165) is 21.5 Å². The molecule has 0 atom stereocenters. The summed E-state index contributed by atoms with van der Waals surface area (Å²) >= 11 is 11.5. The van der Waals surface area contributed by atoms with E-state index in [9.17, 15) is 26.4 Å². The highest BCUT2D eigenvalue weighted by molar-refractivity contribution is 7.92. The van der Waals surface area contributed by atoms with Gasteiger partial charge in [0.2, 0.25) is 5.91 Å². The summed E-state index contributed by atoms with van der Waals surface area (Å²) in [6.07, 6.45) is -4.72. The molecule has 180 valence electrons. The van der Waals surface area contributed by atoms with Gasteiger partial charge in [0.1, 0.15) is 6.54 Å². The predicted octanol–water partition coefficient (Wildman–Crippen LogP) is 6.46. The summed E-state index contributed by atoms with van der Waals surface area (Å²) in [6.45, 7) is 2.96. The highest BCUT2D eigenvalue weighted by Crippen LogP contribution is 2.36. The van der Waals surface area contributed by atoms with Gasteiger partial charge in [-0.1, -0.05) is 29.3 Å². The van der Waals surface area contributed by atoms with E-state index in [1.54, 1.807) is 25.1 Å². The Hall–Kier alpha value is -2.75. The van der Waals surface area contributed by atoms with Gasteiger partial charge in [0.05, 0.1) is 21.2 Å². The number of rotatable bonds is 6. The minimum atomic E-state index is -4.72. The summed E-state index contributed by atoms with van der Waals surface area (Å²) in [5.74, 6) is -0.841. The Kier molecular flexibility index (Phi) is 7.50. The maximum absolute atomic E-state index is 13.4. The Labute approximate surface area is 205 Å². The third kappa shape index (κ3) is 5.84. The molecule has 0 radical (unpaired) electrons. The zero-order valence-electron chi connectivity index (χ0n) is 18.0. The molecule has 5 nitrogen and oxygen atoms in total. The van der Waals surface area contributed by atoms with Gasteiger partial charge in [-0.25, -0.2) is 8.42 Å². The van der Waals surface area contributed by atoms with Gasteiger partial charge in [-0.3, -0.25) is 9.10 Å². The van der Waals surface area contributed by atoms with E-state index in [1.807, 2.05) is 6.92 Å². The number of sulfonamides is 1. The Balaban J connectivity index is 1.97. The van der Waals surface area contributed by atoms with Crippen molar-refractivity contribution in [2.24, 2.45) is 0 Å².